The Bertz CT molecular complexity index is 1440. The molecule has 39 heavy (non-hydrogen) atoms. The highest BCUT2D eigenvalue weighted by Crippen LogP contribution is 2.39. The zero-order valence-electron chi connectivity index (χ0n) is 21.7. The fourth-order valence-corrected chi connectivity index (χ4v) is 4.32. The number of methoxy groups -OCH3 is 2. The van der Waals surface area contributed by atoms with Crippen molar-refractivity contribution in [2.45, 2.75) is 32.2 Å². The molecule has 2 amide bonds. The number of hydrogen-bond donors (Lipinski definition) is 4. The Morgan fingerprint density at radius 3 is 2.49 bits per heavy atom. The van der Waals surface area contributed by atoms with Gasteiger partial charge < -0.3 is 29.7 Å². The summed E-state index contributed by atoms with van der Waals surface area (Å²) in [5, 5.41) is 22.1. The molecule has 0 bridgehead atoms. The number of benzene rings is 2. The van der Waals surface area contributed by atoms with E-state index in [1.54, 1.807) is 38.4 Å². The first-order valence-corrected chi connectivity index (χ1v) is 12.1. The van der Waals surface area contributed by atoms with Gasteiger partial charge in [-0.05, 0) is 55.0 Å². The lowest BCUT2D eigenvalue weighted by Crippen LogP contribution is -2.44. The highest BCUT2D eigenvalue weighted by atomic mass is 16.5. The summed E-state index contributed by atoms with van der Waals surface area (Å²) in [4.78, 5) is 25.5. The molecule has 13 heteroatoms. The van der Waals surface area contributed by atoms with Crippen molar-refractivity contribution >= 4 is 17.7 Å². The largest absolute Gasteiger partial charge is 0.493 e. The molecule has 1 fully saturated rings. The number of aliphatic hydroxyl groups is 1. The molecule has 1 aliphatic heterocycles. The summed E-state index contributed by atoms with van der Waals surface area (Å²) in [6, 6.07) is 11.8. The normalized spacial score (nSPS) is 16.5. The topological polar surface area (TPSA) is 160 Å². The average molecular weight is 533 g/mol. The molecular weight excluding hydrogens is 504 g/mol. The minimum Gasteiger partial charge on any atom is -0.493 e. The maximum absolute atomic E-state index is 12.9. The first-order valence-electron chi connectivity index (χ1n) is 12.1. The number of nitrogens with one attached hydrogen (secondary N) is 3. The van der Waals surface area contributed by atoms with Gasteiger partial charge in [-0.3, -0.25) is 0 Å². The third kappa shape index (κ3) is 5.30. The molecule has 3 heterocycles. The van der Waals surface area contributed by atoms with Crippen LogP contribution in [0, 0.1) is 6.92 Å². The third-order valence-corrected chi connectivity index (χ3v) is 6.17. The van der Waals surface area contributed by atoms with Crippen molar-refractivity contribution in [2.75, 3.05) is 24.5 Å². The van der Waals surface area contributed by atoms with Crippen LogP contribution in [0.5, 0.6) is 11.5 Å². The summed E-state index contributed by atoms with van der Waals surface area (Å²) >= 11 is 0. The summed E-state index contributed by atoms with van der Waals surface area (Å²) in [7, 11) is 3.04. The van der Waals surface area contributed by atoms with Gasteiger partial charge in [0, 0.05) is 36.1 Å². The number of rotatable bonds is 9. The summed E-state index contributed by atoms with van der Waals surface area (Å²) in [6.45, 7) is 3.38. The molecule has 202 valence electrons. The molecule has 2 aromatic heterocycles. The molecule has 0 saturated carbocycles. The van der Waals surface area contributed by atoms with Crippen molar-refractivity contribution in [1.29, 1.82) is 0 Å². The number of hydrazine groups is 1. The van der Waals surface area contributed by atoms with Gasteiger partial charge >= 0.3 is 6.03 Å². The Balaban J connectivity index is 1.52. The summed E-state index contributed by atoms with van der Waals surface area (Å²) in [5.74, 6) is 2.03. The number of aryl methyl sites for hydroxylation is 1. The fraction of sp³-hybridized carbons (Fsp3) is 0.269. The van der Waals surface area contributed by atoms with E-state index in [0.29, 0.717) is 28.8 Å². The Morgan fingerprint density at radius 1 is 1.13 bits per heavy atom. The minimum atomic E-state index is -0.840. The van der Waals surface area contributed by atoms with Crippen LogP contribution in [-0.2, 0) is 0 Å². The zero-order valence-corrected chi connectivity index (χ0v) is 21.7. The number of hydrogen-bond acceptors (Lipinski definition) is 11. The second kappa shape index (κ2) is 10.9. The number of aromatic nitrogens is 4. The molecule has 3 atom stereocenters. The Labute approximate surface area is 224 Å². The highest BCUT2D eigenvalue weighted by molar-refractivity contribution is 5.91. The van der Waals surface area contributed by atoms with Crippen LogP contribution in [0.4, 0.5) is 16.4 Å². The molecule has 3 unspecified atom stereocenters. The monoisotopic (exact) mass is 532 g/mol. The number of amides is 2. The van der Waals surface area contributed by atoms with Crippen LogP contribution < -0.4 is 30.5 Å². The number of urea groups is 1. The number of aliphatic hydroxyl groups excluding tert-OH is 1. The van der Waals surface area contributed by atoms with Crippen molar-refractivity contribution < 1.29 is 23.9 Å². The first kappa shape index (κ1) is 25.9. The Kier molecular flexibility index (Phi) is 7.25. The van der Waals surface area contributed by atoms with Crippen LogP contribution >= 0.6 is 0 Å². The molecule has 1 aliphatic rings. The summed E-state index contributed by atoms with van der Waals surface area (Å²) in [6.07, 6.45) is 1.63. The number of ether oxygens (including phenoxy) is 2. The van der Waals surface area contributed by atoms with Gasteiger partial charge in [0.05, 0.1) is 26.4 Å². The second-order valence-electron chi connectivity index (χ2n) is 8.80. The molecule has 13 nitrogen and oxygen atoms in total. The molecule has 0 spiro atoms. The fourth-order valence-electron chi connectivity index (χ4n) is 4.32. The van der Waals surface area contributed by atoms with Crippen molar-refractivity contribution in [2.24, 2.45) is 0 Å². The van der Waals surface area contributed by atoms with Crippen LogP contribution in [0.2, 0.25) is 0 Å². The van der Waals surface area contributed by atoms with Crippen molar-refractivity contribution in [3.8, 4) is 22.9 Å². The van der Waals surface area contributed by atoms with Crippen molar-refractivity contribution in [1.82, 2.24) is 30.9 Å². The molecule has 4 N–H and O–H groups in total. The third-order valence-electron chi connectivity index (χ3n) is 6.17. The van der Waals surface area contributed by atoms with Crippen LogP contribution in [-0.4, -0.2) is 51.6 Å². The number of nitrogens with zero attached hydrogens (tertiary/aromatic N) is 5. The Hall–Kier alpha value is -4.75. The molecule has 0 aliphatic carbocycles. The van der Waals surface area contributed by atoms with Gasteiger partial charge in [0.2, 0.25) is 17.7 Å². The highest BCUT2D eigenvalue weighted by Gasteiger charge is 2.37. The lowest BCUT2D eigenvalue weighted by atomic mass is 9.97. The van der Waals surface area contributed by atoms with E-state index < -0.39 is 24.3 Å². The quantitative estimate of drug-likeness (QED) is 0.251. The van der Waals surface area contributed by atoms with Crippen LogP contribution in [0.1, 0.15) is 36.1 Å². The molecule has 4 aromatic rings. The lowest BCUT2D eigenvalue weighted by molar-refractivity contribution is 0.192. The predicted molar refractivity (Wildman–Crippen MR) is 141 cm³/mol. The van der Waals surface area contributed by atoms with Gasteiger partial charge in [-0.1, -0.05) is 5.16 Å². The maximum atomic E-state index is 12.9. The van der Waals surface area contributed by atoms with Crippen molar-refractivity contribution in [3.05, 3.63) is 71.9 Å². The van der Waals surface area contributed by atoms with E-state index in [4.69, 9.17) is 14.0 Å². The Morgan fingerprint density at radius 2 is 1.87 bits per heavy atom. The van der Waals surface area contributed by atoms with E-state index >= 15 is 0 Å². The number of carbonyl (C=O) groups excluding carboxylic acids is 1. The van der Waals surface area contributed by atoms with E-state index in [1.807, 2.05) is 30.3 Å². The van der Waals surface area contributed by atoms with Gasteiger partial charge in [-0.25, -0.2) is 14.8 Å². The number of anilines is 2. The van der Waals surface area contributed by atoms with Gasteiger partial charge in [0.15, 0.2) is 11.5 Å². The van der Waals surface area contributed by atoms with Crippen molar-refractivity contribution in [3.63, 3.8) is 0 Å². The SMILES string of the molecule is COc1cc(C(Nc2ccc(-c3noc(C)n3)cc2)C2NC(=O)N(c3ncccn3)N2)cc(C(C)O)c1OC. The van der Waals surface area contributed by atoms with Gasteiger partial charge in [-0.2, -0.15) is 15.4 Å². The van der Waals surface area contributed by atoms with Gasteiger partial charge in [0.1, 0.15) is 6.17 Å². The molecule has 0 radical (unpaired) electrons. The van der Waals surface area contributed by atoms with E-state index in [0.717, 1.165) is 16.8 Å². The molecular formula is C26H28N8O5. The predicted octanol–water partition coefficient (Wildman–Crippen LogP) is 3.12. The molecule has 2 aromatic carbocycles. The maximum Gasteiger partial charge on any atom is 0.340 e. The summed E-state index contributed by atoms with van der Waals surface area (Å²) < 4.78 is 16.2. The first-order chi connectivity index (χ1) is 18.9. The number of carbonyl (C=O) groups is 1. The lowest BCUT2D eigenvalue weighted by Gasteiger charge is -2.28. The van der Waals surface area contributed by atoms with Gasteiger partial charge in [-0.15, -0.1) is 0 Å². The van der Waals surface area contributed by atoms with Gasteiger partial charge in [0.25, 0.3) is 0 Å². The zero-order chi connectivity index (χ0) is 27.5. The molecule has 5 rings (SSSR count). The van der Waals surface area contributed by atoms with E-state index in [2.05, 4.69) is 36.2 Å². The average Bonchev–Trinajstić information content (AvgIpc) is 3.57. The van der Waals surface area contributed by atoms with Crippen LogP contribution in [0.25, 0.3) is 11.4 Å². The smallest absolute Gasteiger partial charge is 0.340 e. The summed E-state index contributed by atoms with van der Waals surface area (Å²) in [5.41, 5.74) is 5.94. The standard InChI is InChI=1S/C26H28N8O5/c1-14(35)19-12-17(13-20(37-3)22(19)38-4)21(24-31-26(36)34(32-24)25-27-10-5-11-28-25)30-18-8-6-16(7-9-18)23-29-15(2)39-33-23/h5-14,21,24,30,32,35H,1-4H3,(H,31,36). The minimum absolute atomic E-state index is 0.202. The van der Waals surface area contributed by atoms with E-state index in [9.17, 15) is 9.90 Å². The van der Waals surface area contributed by atoms with E-state index in [-0.39, 0.29) is 5.95 Å². The van der Waals surface area contributed by atoms with E-state index in [1.165, 1.54) is 19.2 Å². The molecule has 1 saturated heterocycles. The second-order valence-corrected chi connectivity index (χ2v) is 8.80. The van der Waals surface area contributed by atoms with Crippen LogP contribution in [0.15, 0.2) is 59.4 Å². The van der Waals surface area contributed by atoms with Crippen LogP contribution in [0.3, 0.4) is 0 Å².